The molecule has 6 nitrogen and oxygen atoms in total. The summed E-state index contributed by atoms with van der Waals surface area (Å²) in [6, 6.07) is 27.0. The number of hydrogen-bond donors (Lipinski definition) is 1. The zero-order chi connectivity index (χ0) is 23.8. The van der Waals surface area contributed by atoms with Crippen LogP contribution in [0.3, 0.4) is 0 Å². The number of ether oxygens (including phenoxy) is 1. The number of hydrogen-bond acceptors (Lipinski definition) is 5. The van der Waals surface area contributed by atoms with Crippen molar-refractivity contribution in [3.05, 3.63) is 84.9 Å². The Kier molecular flexibility index (Phi) is 8.09. The quantitative estimate of drug-likeness (QED) is 0.489. The molecule has 34 heavy (non-hydrogen) atoms. The van der Waals surface area contributed by atoms with Crippen molar-refractivity contribution in [2.24, 2.45) is 0 Å². The highest BCUT2D eigenvalue weighted by atomic mass is 32.2. The van der Waals surface area contributed by atoms with E-state index in [-0.39, 0.29) is 11.8 Å². The van der Waals surface area contributed by atoms with Crippen LogP contribution >= 0.6 is 11.8 Å². The van der Waals surface area contributed by atoms with Crippen molar-refractivity contribution < 1.29 is 14.3 Å². The second-order valence-corrected chi connectivity index (χ2v) is 9.19. The number of carbonyl (C=O) groups is 2. The molecule has 1 unspecified atom stereocenters. The van der Waals surface area contributed by atoms with Crippen LogP contribution in [0.2, 0.25) is 0 Å². The molecule has 3 aromatic carbocycles. The summed E-state index contributed by atoms with van der Waals surface area (Å²) in [5, 5.41) is 2.84. The lowest BCUT2D eigenvalue weighted by Gasteiger charge is -2.37. The van der Waals surface area contributed by atoms with Crippen molar-refractivity contribution in [2.75, 3.05) is 36.8 Å². The Morgan fingerprint density at radius 2 is 1.44 bits per heavy atom. The highest BCUT2D eigenvalue weighted by Gasteiger charge is 2.28. The minimum Gasteiger partial charge on any atom is -0.457 e. The summed E-state index contributed by atoms with van der Waals surface area (Å²) >= 11 is 1.55. The van der Waals surface area contributed by atoms with E-state index in [0.717, 1.165) is 29.5 Å². The summed E-state index contributed by atoms with van der Waals surface area (Å²) in [6.07, 6.45) is 0. The summed E-state index contributed by atoms with van der Waals surface area (Å²) in [6.45, 7) is 4.28. The third-order valence-electron chi connectivity index (χ3n) is 5.61. The molecule has 176 valence electrons. The summed E-state index contributed by atoms with van der Waals surface area (Å²) in [5.74, 6) is 1.77. The van der Waals surface area contributed by atoms with Gasteiger partial charge in [0.15, 0.2) is 0 Å². The van der Waals surface area contributed by atoms with E-state index < -0.39 is 6.04 Å². The Labute approximate surface area is 204 Å². The topological polar surface area (TPSA) is 61.9 Å². The predicted molar refractivity (Wildman–Crippen MR) is 137 cm³/mol. The molecule has 0 bridgehead atoms. The fourth-order valence-corrected chi connectivity index (χ4v) is 4.79. The van der Waals surface area contributed by atoms with Gasteiger partial charge >= 0.3 is 0 Å². The van der Waals surface area contributed by atoms with E-state index in [1.807, 2.05) is 77.7 Å². The zero-order valence-electron chi connectivity index (χ0n) is 19.2. The molecule has 1 N–H and O–H groups in total. The third kappa shape index (κ3) is 6.54. The second-order valence-electron chi connectivity index (χ2n) is 8.10. The van der Waals surface area contributed by atoms with E-state index in [1.165, 1.54) is 12.6 Å². The number of nitrogens with one attached hydrogen (secondary N) is 1. The van der Waals surface area contributed by atoms with Crippen molar-refractivity contribution in [3.63, 3.8) is 0 Å². The van der Waals surface area contributed by atoms with Crippen LogP contribution in [-0.2, 0) is 9.59 Å². The molecule has 0 aliphatic carbocycles. The molecule has 1 atom stereocenters. The Morgan fingerprint density at radius 1 is 0.853 bits per heavy atom. The summed E-state index contributed by atoms with van der Waals surface area (Å²) in [5.41, 5.74) is 1.17. The Hall–Kier alpha value is -3.45. The third-order valence-corrected chi connectivity index (χ3v) is 6.71. The van der Waals surface area contributed by atoms with Gasteiger partial charge in [0.25, 0.3) is 0 Å². The number of thioether (sulfide) groups is 1. The van der Waals surface area contributed by atoms with Crippen molar-refractivity contribution >= 4 is 29.3 Å². The summed E-state index contributed by atoms with van der Waals surface area (Å²) in [7, 11) is 0. The average molecular weight is 476 g/mol. The molecular formula is C27H29N3O3S. The van der Waals surface area contributed by atoms with Crippen molar-refractivity contribution in [3.8, 4) is 11.5 Å². The highest BCUT2D eigenvalue weighted by Crippen LogP contribution is 2.26. The van der Waals surface area contributed by atoms with Gasteiger partial charge in [-0.25, -0.2) is 0 Å². The molecular weight excluding hydrogens is 446 g/mol. The van der Waals surface area contributed by atoms with E-state index in [4.69, 9.17) is 4.74 Å². The van der Waals surface area contributed by atoms with Crippen molar-refractivity contribution in [1.29, 1.82) is 0 Å². The molecule has 1 aliphatic rings. The molecule has 0 aromatic heterocycles. The van der Waals surface area contributed by atoms with Crippen LogP contribution in [0.25, 0.3) is 0 Å². The van der Waals surface area contributed by atoms with Gasteiger partial charge in [0.2, 0.25) is 11.8 Å². The first kappa shape index (κ1) is 23.7. The van der Waals surface area contributed by atoms with Gasteiger partial charge in [0, 0.05) is 49.4 Å². The van der Waals surface area contributed by atoms with Crippen LogP contribution < -0.4 is 15.0 Å². The highest BCUT2D eigenvalue weighted by molar-refractivity contribution is 7.99. The van der Waals surface area contributed by atoms with Crippen LogP contribution in [0.1, 0.15) is 6.92 Å². The maximum Gasteiger partial charge on any atom is 0.246 e. The van der Waals surface area contributed by atoms with Crippen LogP contribution in [0.15, 0.2) is 89.8 Å². The monoisotopic (exact) mass is 475 g/mol. The molecule has 4 rings (SSSR count). The van der Waals surface area contributed by atoms with Gasteiger partial charge in [0.05, 0.1) is 0 Å². The molecule has 0 saturated carbocycles. The molecule has 2 amide bonds. The number of carbonyl (C=O) groups excluding carboxylic acids is 2. The first-order valence-electron chi connectivity index (χ1n) is 11.4. The number of nitrogens with zero attached hydrogens (tertiary/aromatic N) is 2. The second kappa shape index (κ2) is 11.6. The van der Waals surface area contributed by atoms with Crippen LogP contribution in [0.5, 0.6) is 11.5 Å². The number of piperazine rings is 1. The minimum absolute atomic E-state index is 0.0283. The Morgan fingerprint density at radius 3 is 2.06 bits per heavy atom. The zero-order valence-corrected chi connectivity index (χ0v) is 20.0. The fourth-order valence-electron chi connectivity index (χ4n) is 3.87. The lowest BCUT2D eigenvalue weighted by atomic mass is 10.2. The number of amides is 2. The standard InChI is InChI=1S/C27H29N3O3S/c1-21(31)28-26(27(32)30-18-16-29(17-19-30)22-8-4-2-5-9-22)20-34-25-14-12-24(13-15-25)33-23-10-6-3-7-11-23/h2-15,26H,16-20H2,1H3,(H,28,31). The van der Waals surface area contributed by atoms with Crippen molar-refractivity contribution in [1.82, 2.24) is 10.2 Å². The Bertz CT molecular complexity index is 1070. The largest absolute Gasteiger partial charge is 0.457 e. The smallest absolute Gasteiger partial charge is 0.246 e. The van der Waals surface area contributed by atoms with E-state index in [2.05, 4.69) is 22.3 Å². The van der Waals surface area contributed by atoms with Gasteiger partial charge in [-0.2, -0.15) is 0 Å². The molecule has 1 fully saturated rings. The molecule has 1 aliphatic heterocycles. The van der Waals surface area contributed by atoms with E-state index in [1.54, 1.807) is 11.8 Å². The van der Waals surface area contributed by atoms with Crippen LogP contribution in [0, 0.1) is 0 Å². The van der Waals surface area contributed by atoms with Crippen LogP contribution in [0.4, 0.5) is 5.69 Å². The molecule has 0 radical (unpaired) electrons. The first-order chi connectivity index (χ1) is 16.6. The predicted octanol–water partition coefficient (Wildman–Crippen LogP) is 4.42. The normalized spacial score (nSPS) is 14.4. The van der Waals surface area contributed by atoms with Gasteiger partial charge in [0.1, 0.15) is 17.5 Å². The maximum atomic E-state index is 13.2. The van der Waals surface area contributed by atoms with E-state index >= 15 is 0 Å². The van der Waals surface area contributed by atoms with Crippen molar-refractivity contribution in [2.45, 2.75) is 17.9 Å². The fraction of sp³-hybridized carbons (Fsp3) is 0.259. The average Bonchev–Trinajstić information content (AvgIpc) is 2.88. The molecule has 0 spiro atoms. The molecule has 1 heterocycles. The lowest BCUT2D eigenvalue weighted by Crippen LogP contribution is -2.55. The summed E-state index contributed by atoms with van der Waals surface area (Å²) < 4.78 is 5.84. The molecule has 1 saturated heterocycles. The van der Waals surface area contributed by atoms with E-state index in [9.17, 15) is 9.59 Å². The number of para-hydroxylation sites is 2. The van der Waals surface area contributed by atoms with E-state index in [0.29, 0.717) is 18.8 Å². The number of anilines is 1. The molecule has 7 heteroatoms. The number of rotatable bonds is 8. The van der Waals surface area contributed by atoms with Gasteiger partial charge in [-0.1, -0.05) is 36.4 Å². The van der Waals surface area contributed by atoms with Gasteiger partial charge in [-0.3, -0.25) is 9.59 Å². The first-order valence-corrected chi connectivity index (χ1v) is 12.4. The van der Waals surface area contributed by atoms with Gasteiger partial charge < -0.3 is 19.9 Å². The summed E-state index contributed by atoms with van der Waals surface area (Å²) in [4.78, 5) is 30.2. The van der Waals surface area contributed by atoms with Gasteiger partial charge in [-0.15, -0.1) is 11.8 Å². The minimum atomic E-state index is -0.564. The number of benzene rings is 3. The maximum absolute atomic E-state index is 13.2. The Balaban J connectivity index is 1.32. The lowest BCUT2D eigenvalue weighted by molar-refractivity contribution is -0.135. The van der Waals surface area contributed by atoms with Gasteiger partial charge in [-0.05, 0) is 48.5 Å². The molecule has 3 aromatic rings. The van der Waals surface area contributed by atoms with Crippen LogP contribution in [-0.4, -0.2) is 54.7 Å². The SMILES string of the molecule is CC(=O)NC(CSc1ccc(Oc2ccccc2)cc1)C(=O)N1CCN(c2ccccc2)CC1.